The van der Waals surface area contributed by atoms with Crippen LogP contribution in [0.5, 0.6) is 0 Å². The van der Waals surface area contributed by atoms with Crippen molar-refractivity contribution in [3.05, 3.63) is 59.7 Å². The molecule has 0 heterocycles. The lowest BCUT2D eigenvalue weighted by Gasteiger charge is -2.31. The number of rotatable bonds is 4. The quantitative estimate of drug-likeness (QED) is 0.784. The zero-order valence-electron chi connectivity index (χ0n) is 14.1. The Bertz CT molecular complexity index is 650. The maximum Gasteiger partial charge on any atom is 0.254 e. The van der Waals surface area contributed by atoms with Crippen molar-refractivity contribution in [3.63, 3.8) is 0 Å². The van der Waals surface area contributed by atoms with Gasteiger partial charge in [0.2, 0.25) is 0 Å². The van der Waals surface area contributed by atoms with Crippen LogP contribution in [-0.4, -0.2) is 22.9 Å². The van der Waals surface area contributed by atoms with E-state index in [1.807, 2.05) is 41.3 Å². The minimum Gasteiger partial charge on any atom is -0.334 e. The lowest BCUT2D eigenvalue weighted by Crippen LogP contribution is -2.42. The molecule has 0 fully saturated rings. The van der Waals surface area contributed by atoms with Crippen LogP contribution in [0.25, 0.3) is 11.1 Å². The Balaban J connectivity index is 2.54. The Morgan fingerprint density at radius 3 is 1.86 bits per heavy atom. The largest absolute Gasteiger partial charge is 0.334 e. The Labute approximate surface area is 133 Å². The fraction of sp³-hybridized carbons (Fsp3) is 0.350. The van der Waals surface area contributed by atoms with E-state index < -0.39 is 0 Å². The molecule has 0 aliphatic carbocycles. The van der Waals surface area contributed by atoms with Crippen LogP contribution in [0.15, 0.2) is 48.5 Å². The van der Waals surface area contributed by atoms with E-state index in [1.54, 1.807) is 0 Å². The number of aryl methyl sites for hydroxylation is 1. The van der Waals surface area contributed by atoms with Crippen molar-refractivity contribution in [2.75, 3.05) is 0 Å². The highest BCUT2D eigenvalue weighted by atomic mass is 16.2. The summed E-state index contributed by atoms with van der Waals surface area (Å²) in [4.78, 5) is 15.0. The van der Waals surface area contributed by atoms with Gasteiger partial charge in [-0.15, -0.1) is 0 Å². The summed E-state index contributed by atoms with van der Waals surface area (Å²) in [5.41, 5.74) is 4.10. The van der Waals surface area contributed by atoms with Crippen LogP contribution in [0.3, 0.4) is 0 Å². The molecule has 2 heteroatoms. The average molecular weight is 295 g/mol. The van der Waals surface area contributed by atoms with Crippen molar-refractivity contribution < 1.29 is 4.79 Å². The Hall–Kier alpha value is -2.09. The molecule has 22 heavy (non-hydrogen) atoms. The molecule has 2 aromatic rings. The van der Waals surface area contributed by atoms with Crippen molar-refractivity contribution in [2.45, 2.75) is 46.7 Å². The van der Waals surface area contributed by atoms with Gasteiger partial charge in [0, 0.05) is 17.6 Å². The van der Waals surface area contributed by atoms with E-state index in [4.69, 9.17) is 0 Å². The molecule has 0 atom stereocenters. The second-order valence-electron chi connectivity index (χ2n) is 6.26. The van der Waals surface area contributed by atoms with Crippen molar-refractivity contribution in [1.82, 2.24) is 4.90 Å². The van der Waals surface area contributed by atoms with Gasteiger partial charge in [0.1, 0.15) is 0 Å². The van der Waals surface area contributed by atoms with Gasteiger partial charge in [-0.3, -0.25) is 4.79 Å². The number of carbonyl (C=O) groups excluding carboxylic acids is 1. The molecule has 0 spiro atoms. The van der Waals surface area contributed by atoms with E-state index >= 15 is 0 Å². The molecule has 0 saturated carbocycles. The van der Waals surface area contributed by atoms with Crippen LogP contribution in [0.2, 0.25) is 0 Å². The van der Waals surface area contributed by atoms with Crippen LogP contribution in [0.4, 0.5) is 0 Å². The van der Waals surface area contributed by atoms with Gasteiger partial charge in [0.05, 0.1) is 0 Å². The third-order valence-corrected chi connectivity index (χ3v) is 3.94. The van der Waals surface area contributed by atoms with Gasteiger partial charge in [-0.05, 0) is 57.4 Å². The van der Waals surface area contributed by atoms with Gasteiger partial charge in [-0.1, -0.05) is 42.5 Å². The SMILES string of the molecule is Cc1ccccc1-c1ccccc1C(=O)N(C(C)C)C(C)C. The number of nitrogens with zero attached hydrogens (tertiary/aromatic N) is 1. The third kappa shape index (κ3) is 3.22. The van der Waals surface area contributed by atoms with E-state index in [0.29, 0.717) is 0 Å². The Morgan fingerprint density at radius 2 is 1.32 bits per heavy atom. The first-order valence-electron chi connectivity index (χ1n) is 7.91. The predicted molar refractivity (Wildman–Crippen MR) is 93.1 cm³/mol. The van der Waals surface area contributed by atoms with Gasteiger partial charge in [0.25, 0.3) is 5.91 Å². The fourth-order valence-corrected chi connectivity index (χ4v) is 2.98. The summed E-state index contributed by atoms with van der Waals surface area (Å²) in [5.74, 6) is 0.101. The molecule has 2 nitrogen and oxygen atoms in total. The van der Waals surface area contributed by atoms with Crippen LogP contribution < -0.4 is 0 Å². The van der Waals surface area contributed by atoms with Crippen LogP contribution in [0, 0.1) is 6.92 Å². The van der Waals surface area contributed by atoms with Crippen molar-refractivity contribution in [2.24, 2.45) is 0 Å². The van der Waals surface area contributed by atoms with Crippen LogP contribution in [-0.2, 0) is 0 Å². The summed E-state index contributed by atoms with van der Waals surface area (Å²) in [5, 5.41) is 0. The summed E-state index contributed by atoms with van der Waals surface area (Å²) in [6.07, 6.45) is 0. The average Bonchev–Trinajstić information content (AvgIpc) is 2.47. The summed E-state index contributed by atoms with van der Waals surface area (Å²) in [6, 6.07) is 16.5. The van der Waals surface area contributed by atoms with Gasteiger partial charge in [0.15, 0.2) is 0 Å². The summed E-state index contributed by atoms with van der Waals surface area (Å²) < 4.78 is 0. The number of benzene rings is 2. The first-order chi connectivity index (χ1) is 10.4. The highest BCUT2D eigenvalue weighted by molar-refractivity contribution is 6.01. The normalized spacial score (nSPS) is 11.0. The Morgan fingerprint density at radius 1 is 0.818 bits per heavy atom. The van der Waals surface area contributed by atoms with Gasteiger partial charge < -0.3 is 4.90 Å². The van der Waals surface area contributed by atoms with Gasteiger partial charge >= 0.3 is 0 Å². The topological polar surface area (TPSA) is 20.3 Å². The van der Waals surface area contributed by atoms with E-state index in [9.17, 15) is 4.79 Å². The molecule has 1 amide bonds. The van der Waals surface area contributed by atoms with Crippen molar-refractivity contribution >= 4 is 5.91 Å². The van der Waals surface area contributed by atoms with E-state index in [-0.39, 0.29) is 18.0 Å². The molecule has 116 valence electrons. The third-order valence-electron chi connectivity index (χ3n) is 3.94. The minimum absolute atomic E-state index is 0.101. The molecule has 0 aliphatic rings. The maximum atomic E-state index is 13.1. The fourth-order valence-electron chi connectivity index (χ4n) is 2.98. The molecular formula is C20H25NO. The minimum atomic E-state index is 0.101. The number of amides is 1. The Kier molecular flexibility index (Phi) is 5.02. The number of hydrogen-bond donors (Lipinski definition) is 0. The highest BCUT2D eigenvalue weighted by Crippen LogP contribution is 2.28. The smallest absolute Gasteiger partial charge is 0.254 e. The van der Waals surface area contributed by atoms with E-state index in [1.165, 1.54) is 5.56 Å². The molecule has 0 radical (unpaired) electrons. The molecule has 0 aromatic heterocycles. The van der Waals surface area contributed by atoms with Crippen LogP contribution >= 0.6 is 0 Å². The summed E-state index contributed by atoms with van der Waals surface area (Å²) in [7, 11) is 0. The lowest BCUT2D eigenvalue weighted by molar-refractivity contribution is 0.0644. The van der Waals surface area contributed by atoms with Gasteiger partial charge in [-0.25, -0.2) is 0 Å². The molecule has 0 N–H and O–H groups in total. The zero-order chi connectivity index (χ0) is 16.3. The second-order valence-corrected chi connectivity index (χ2v) is 6.26. The van der Waals surface area contributed by atoms with E-state index in [2.05, 4.69) is 46.8 Å². The van der Waals surface area contributed by atoms with Crippen molar-refractivity contribution in [1.29, 1.82) is 0 Å². The van der Waals surface area contributed by atoms with E-state index in [0.717, 1.165) is 16.7 Å². The zero-order valence-corrected chi connectivity index (χ0v) is 14.1. The maximum absolute atomic E-state index is 13.1. The lowest BCUT2D eigenvalue weighted by atomic mass is 9.95. The first-order valence-corrected chi connectivity index (χ1v) is 7.91. The summed E-state index contributed by atoms with van der Waals surface area (Å²) >= 11 is 0. The summed E-state index contributed by atoms with van der Waals surface area (Å²) in [6.45, 7) is 10.3. The molecule has 0 unspecified atom stereocenters. The first kappa shape index (κ1) is 16.3. The molecule has 0 bridgehead atoms. The molecule has 0 saturated heterocycles. The number of carbonyl (C=O) groups is 1. The molecular weight excluding hydrogens is 270 g/mol. The predicted octanol–water partition coefficient (Wildman–Crippen LogP) is 4.92. The molecule has 2 aromatic carbocycles. The monoisotopic (exact) mass is 295 g/mol. The van der Waals surface area contributed by atoms with Gasteiger partial charge in [-0.2, -0.15) is 0 Å². The van der Waals surface area contributed by atoms with Crippen LogP contribution in [0.1, 0.15) is 43.6 Å². The number of hydrogen-bond acceptors (Lipinski definition) is 1. The molecule has 0 aliphatic heterocycles. The second kappa shape index (κ2) is 6.78. The molecule has 2 rings (SSSR count). The standard InChI is InChI=1S/C20H25NO/c1-14(2)21(15(3)4)20(22)19-13-9-8-12-18(19)17-11-7-6-10-16(17)5/h6-15H,1-5H3. The van der Waals surface area contributed by atoms with Crippen molar-refractivity contribution in [3.8, 4) is 11.1 Å². The highest BCUT2D eigenvalue weighted by Gasteiger charge is 2.24.